The minimum atomic E-state index is -0.121. The lowest BCUT2D eigenvalue weighted by Gasteiger charge is -2.20. The molecule has 2 nitrogen and oxygen atoms in total. The van der Waals surface area contributed by atoms with E-state index in [0.29, 0.717) is 0 Å². The Hall–Kier alpha value is -1.80. The first-order valence-electron chi connectivity index (χ1n) is 7.26. The van der Waals surface area contributed by atoms with Gasteiger partial charge >= 0.3 is 0 Å². The molecule has 2 unspecified atom stereocenters. The van der Waals surface area contributed by atoms with Gasteiger partial charge in [-0.25, -0.2) is 4.98 Å². The van der Waals surface area contributed by atoms with Gasteiger partial charge in [-0.3, -0.25) is 0 Å². The van der Waals surface area contributed by atoms with Crippen LogP contribution in [0.1, 0.15) is 42.2 Å². The van der Waals surface area contributed by atoms with Crippen LogP contribution in [0, 0.1) is 6.92 Å². The molecule has 0 aliphatic heterocycles. The molecule has 0 saturated carbocycles. The maximum Gasteiger partial charge on any atom is 0.128 e. The van der Waals surface area contributed by atoms with Crippen LogP contribution in [0.25, 0.3) is 11.0 Å². The van der Waals surface area contributed by atoms with E-state index in [0.717, 1.165) is 16.9 Å². The highest BCUT2D eigenvalue weighted by Gasteiger charge is 2.20. The Bertz CT molecular complexity index is 774. The molecule has 108 valence electrons. The second-order valence-corrected chi connectivity index (χ2v) is 6.13. The maximum absolute atomic E-state index is 6.37. The average Bonchev–Trinajstić information content (AvgIpc) is 2.86. The lowest BCUT2D eigenvalue weighted by molar-refractivity contribution is 0.615. The third-order valence-electron chi connectivity index (χ3n) is 4.00. The number of imidazole rings is 1. The smallest absolute Gasteiger partial charge is 0.128 e. The Labute approximate surface area is 130 Å². The molecule has 1 heterocycles. The third-order valence-corrected chi connectivity index (χ3v) is 4.20. The van der Waals surface area contributed by atoms with Crippen LogP contribution in [-0.4, -0.2) is 9.55 Å². The van der Waals surface area contributed by atoms with Crippen molar-refractivity contribution in [2.45, 2.75) is 32.2 Å². The predicted octanol–water partition coefficient (Wildman–Crippen LogP) is 5.25. The van der Waals surface area contributed by atoms with Crippen molar-refractivity contribution in [3.05, 3.63) is 65.5 Å². The van der Waals surface area contributed by atoms with Gasteiger partial charge in [-0.05, 0) is 44.0 Å². The Balaban J connectivity index is 2.23. The number of para-hydroxylation sites is 2. The van der Waals surface area contributed by atoms with Crippen LogP contribution in [0.2, 0.25) is 0 Å². The summed E-state index contributed by atoms with van der Waals surface area (Å²) in [5.41, 5.74) is 4.73. The van der Waals surface area contributed by atoms with Crippen molar-refractivity contribution in [1.29, 1.82) is 0 Å². The summed E-state index contributed by atoms with van der Waals surface area (Å²) in [6, 6.07) is 16.9. The van der Waals surface area contributed by atoms with Gasteiger partial charge in [-0.2, -0.15) is 0 Å². The van der Waals surface area contributed by atoms with Crippen LogP contribution < -0.4 is 0 Å². The fourth-order valence-electron chi connectivity index (χ4n) is 2.95. The van der Waals surface area contributed by atoms with Crippen molar-refractivity contribution in [3.63, 3.8) is 0 Å². The predicted molar refractivity (Wildman–Crippen MR) is 89.0 cm³/mol. The summed E-state index contributed by atoms with van der Waals surface area (Å²) < 4.78 is 2.26. The Morgan fingerprint density at radius 2 is 1.67 bits per heavy atom. The monoisotopic (exact) mass is 298 g/mol. The topological polar surface area (TPSA) is 17.8 Å². The second-order valence-electron chi connectivity index (χ2n) is 5.48. The molecule has 1 aromatic heterocycles. The molecule has 2 aromatic carbocycles. The van der Waals surface area contributed by atoms with Crippen LogP contribution in [0.15, 0.2) is 48.5 Å². The quantitative estimate of drug-likeness (QED) is 0.604. The lowest BCUT2D eigenvalue weighted by Crippen LogP contribution is -2.12. The summed E-state index contributed by atoms with van der Waals surface area (Å²) in [7, 11) is 0. The number of fused-ring (bicyclic) bond motifs is 1. The summed E-state index contributed by atoms with van der Waals surface area (Å²) in [4.78, 5) is 4.72. The SMILES string of the molecule is Cc1ccccc1C(C)n1c(C(C)Cl)nc2ccccc21. The van der Waals surface area contributed by atoms with Gasteiger partial charge in [0.25, 0.3) is 0 Å². The molecule has 0 radical (unpaired) electrons. The molecule has 0 aliphatic carbocycles. The standard InChI is InChI=1S/C18H19ClN2/c1-12-8-4-5-9-15(12)14(3)21-17-11-7-6-10-16(17)20-18(21)13(2)19/h4-11,13-14H,1-3H3. The minimum absolute atomic E-state index is 0.121. The van der Waals surface area contributed by atoms with Crippen molar-refractivity contribution in [2.75, 3.05) is 0 Å². The van der Waals surface area contributed by atoms with Crippen molar-refractivity contribution in [2.24, 2.45) is 0 Å². The van der Waals surface area contributed by atoms with E-state index < -0.39 is 0 Å². The Morgan fingerprint density at radius 1 is 1.00 bits per heavy atom. The highest BCUT2D eigenvalue weighted by atomic mass is 35.5. The fourth-order valence-corrected chi connectivity index (χ4v) is 3.10. The van der Waals surface area contributed by atoms with E-state index in [-0.39, 0.29) is 11.4 Å². The molecule has 0 N–H and O–H groups in total. The van der Waals surface area contributed by atoms with Crippen molar-refractivity contribution in [1.82, 2.24) is 9.55 Å². The summed E-state index contributed by atoms with van der Waals surface area (Å²) in [6.45, 7) is 6.33. The molecule has 0 aliphatic rings. The lowest BCUT2D eigenvalue weighted by atomic mass is 10.0. The maximum atomic E-state index is 6.37. The zero-order valence-corrected chi connectivity index (χ0v) is 13.3. The molecule has 0 saturated heterocycles. The highest BCUT2D eigenvalue weighted by Crippen LogP contribution is 2.31. The van der Waals surface area contributed by atoms with E-state index >= 15 is 0 Å². The molecule has 0 fully saturated rings. The summed E-state index contributed by atoms with van der Waals surface area (Å²) in [5, 5.41) is -0.121. The highest BCUT2D eigenvalue weighted by molar-refractivity contribution is 6.20. The number of aromatic nitrogens is 2. The summed E-state index contributed by atoms with van der Waals surface area (Å²) in [6.07, 6.45) is 0. The van der Waals surface area contributed by atoms with Crippen LogP contribution in [0.4, 0.5) is 0 Å². The average molecular weight is 299 g/mol. The van der Waals surface area contributed by atoms with E-state index in [1.807, 2.05) is 25.1 Å². The molecule has 2 atom stereocenters. The molecule has 0 bridgehead atoms. The molecular weight excluding hydrogens is 280 g/mol. The van der Waals surface area contributed by atoms with Crippen LogP contribution in [0.5, 0.6) is 0 Å². The third kappa shape index (κ3) is 2.44. The van der Waals surface area contributed by atoms with Gasteiger partial charge in [-0.15, -0.1) is 11.6 Å². The van der Waals surface area contributed by atoms with Gasteiger partial charge in [-0.1, -0.05) is 36.4 Å². The van der Waals surface area contributed by atoms with E-state index in [1.165, 1.54) is 11.1 Å². The number of hydrogen-bond acceptors (Lipinski definition) is 1. The molecule has 0 amide bonds. The number of alkyl halides is 1. The zero-order valence-electron chi connectivity index (χ0n) is 12.5. The number of nitrogens with zero attached hydrogens (tertiary/aromatic N) is 2. The molecule has 3 heteroatoms. The van der Waals surface area contributed by atoms with E-state index in [4.69, 9.17) is 16.6 Å². The number of halogens is 1. The summed E-state index contributed by atoms with van der Waals surface area (Å²) >= 11 is 6.37. The zero-order chi connectivity index (χ0) is 15.0. The van der Waals surface area contributed by atoms with Crippen molar-refractivity contribution < 1.29 is 0 Å². The van der Waals surface area contributed by atoms with Gasteiger partial charge in [0.1, 0.15) is 5.82 Å². The number of aryl methyl sites for hydroxylation is 1. The Kier molecular flexibility index (Phi) is 3.73. The number of rotatable bonds is 3. The number of hydrogen-bond donors (Lipinski definition) is 0. The van der Waals surface area contributed by atoms with Gasteiger partial charge in [0, 0.05) is 0 Å². The fraction of sp³-hybridized carbons (Fsp3) is 0.278. The summed E-state index contributed by atoms with van der Waals surface area (Å²) in [5.74, 6) is 0.925. The first-order chi connectivity index (χ1) is 10.1. The van der Waals surface area contributed by atoms with Gasteiger partial charge in [0.2, 0.25) is 0 Å². The van der Waals surface area contributed by atoms with Crippen molar-refractivity contribution in [3.8, 4) is 0 Å². The van der Waals surface area contributed by atoms with Gasteiger partial charge < -0.3 is 4.57 Å². The first kappa shape index (κ1) is 14.2. The van der Waals surface area contributed by atoms with E-state index in [2.05, 4.69) is 48.7 Å². The number of benzene rings is 2. The minimum Gasteiger partial charge on any atom is -0.319 e. The molecule has 3 aromatic rings. The molecule has 21 heavy (non-hydrogen) atoms. The first-order valence-corrected chi connectivity index (χ1v) is 7.69. The van der Waals surface area contributed by atoms with Gasteiger partial charge in [0.05, 0.1) is 22.5 Å². The van der Waals surface area contributed by atoms with Gasteiger partial charge in [0.15, 0.2) is 0 Å². The van der Waals surface area contributed by atoms with E-state index in [9.17, 15) is 0 Å². The van der Waals surface area contributed by atoms with Crippen molar-refractivity contribution >= 4 is 22.6 Å². The van der Waals surface area contributed by atoms with Crippen LogP contribution in [0.3, 0.4) is 0 Å². The Morgan fingerprint density at radius 3 is 2.38 bits per heavy atom. The molecule has 0 spiro atoms. The normalized spacial score (nSPS) is 14.3. The van der Waals surface area contributed by atoms with E-state index in [1.54, 1.807) is 0 Å². The molecular formula is C18H19ClN2. The van der Waals surface area contributed by atoms with Crippen LogP contribution in [-0.2, 0) is 0 Å². The largest absolute Gasteiger partial charge is 0.319 e. The molecule has 3 rings (SSSR count). The second kappa shape index (κ2) is 5.53. The van der Waals surface area contributed by atoms with Crippen LogP contribution >= 0.6 is 11.6 Å².